The Balaban J connectivity index is 1.66. The molecule has 0 aliphatic rings. The molecule has 0 saturated carbocycles. The van der Waals surface area contributed by atoms with Crippen molar-refractivity contribution in [3.8, 4) is 17.5 Å². The fourth-order valence-electron chi connectivity index (χ4n) is 2.60. The number of anilines is 3. The summed E-state index contributed by atoms with van der Waals surface area (Å²) in [5.74, 6) is 2.17. The summed E-state index contributed by atoms with van der Waals surface area (Å²) >= 11 is 5.92. The van der Waals surface area contributed by atoms with Crippen LogP contribution in [0.1, 0.15) is 5.56 Å². The van der Waals surface area contributed by atoms with Gasteiger partial charge in [-0.05, 0) is 48.4 Å². The maximum atomic E-state index is 5.92. The average molecular weight is 416 g/mol. The lowest BCUT2D eigenvalue weighted by Gasteiger charge is -2.11. The first-order chi connectivity index (χ1) is 14.1. The molecule has 0 saturated heterocycles. The van der Waals surface area contributed by atoms with Crippen LogP contribution in [-0.2, 0) is 6.42 Å². The van der Waals surface area contributed by atoms with Crippen LogP contribution in [0.15, 0.2) is 42.5 Å². The highest BCUT2D eigenvalue weighted by molar-refractivity contribution is 6.30. The summed E-state index contributed by atoms with van der Waals surface area (Å²) in [7, 11) is 4.74. The van der Waals surface area contributed by atoms with Gasteiger partial charge in [0.25, 0.3) is 0 Å². The van der Waals surface area contributed by atoms with Gasteiger partial charge in [0.05, 0.1) is 21.3 Å². The minimum Gasteiger partial charge on any atom is -0.493 e. The Morgan fingerprint density at radius 1 is 0.828 bits per heavy atom. The van der Waals surface area contributed by atoms with E-state index in [0.29, 0.717) is 35.0 Å². The molecule has 2 N–H and O–H groups in total. The number of nitrogens with zero attached hydrogens (tertiary/aromatic N) is 3. The van der Waals surface area contributed by atoms with E-state index in [4.69, 9.17) is 25.8 Å². The maximum Gasteiger partial charge on any atom is 0.322 e. The topological polar surface area (TPSA) is 90.4 Å². The van der Waals surface area contributed by atoms with Gasteiger partial charge in [-0.2, -0.15) is 15.0 Å². The SMILES string of the molecule is COc1nc(NCCc2ccc(OC)c(OC)c2)nc(Nc2ccc(Cl)cc2)n1. The Morgan fingerprint density at radius 2 is 1.55 bits per heavy atom. The molecule has 0 bridgehead atoms. The Bertz CT molecular complexity index is 953. The van der Waals surface area contributed by atoms with E-state index in [1.54, 1.807) is 26.4 Å². The lowest BCUT2D eigenvalue weighted by molar-refractivity contribution is 0.354. The molecule has 3 rings (SSSR count). The molecule has 29 heavy (non-hydrogen) atoms. The Morgan fingerprint density at radius 3 is 2.24 bits per heavy atom. The molecule has 1 aromatic heterocycles. The summed E-state index contributed by atoms with van der Waals surface area (Å²) < 4.78 is 15.8. The molecule has 2 aromatic carbocycles. The zero-order valence-electron chi connectivity index (χ0n) is 16.4. The highest BCUT2D eigenvalue weighted by Gasteiger charge is 2.08. The molecule has 0 aliphatic heterocycles. The van der Waals surface area contributed by atoms with Crippen molar-refractivity contribution in [2.75, 3.05) is 38.5 Å². The lowest BCUT2D eigenvalue weighted by atomic mass is 10.1. The van der Waals surface area contributed by atoms with E-state index in [1.165, 1.54) is 7.11 Å². The zero-order chi connectivity index (χ0) is 20.6. The van der Waals surface area contributed by atoms with E-state index < -0.39 is 0 Å². The van der Waals surface area contributed by atoms with E-state index >= 15 is 0 Å². The zero-order valence-corrected chi connectivity index (χ0v) is 17.2. The van der Waals surface area contributed by atoms with Crippen molar-refractivity contribution < 1.29 is 14.2 Å². The van der Waals surface area contributed by atoms with Crippen molar-refractivity contribution in [2.45, 2.75) is 6.42 Å². The highest BCUT2D eigenvalue weighted by Crippen LogP contribution is 2.27. The number of rotatable bonds is 9. The van der Waals surface area contributed by atoms with Gasteiger partial charge in [0.2, 0.25) is 11.9 Å². The van der Waals surface area contributed by atoms with Gasteiger partial charge >= 0.3 is 6.01 Å². The molecule has 152 valence electrons. The van der Waals surface area contributed by atoms with E-state index in [2.05, 4.69) is 25.6 Å². The number of methoxy groups -OCH3 is 3. The van der Waals surface area contributed by atoms with Crippen molar-refractivity contribution in [2.24, 2.45) is 0 Å². The molecule has 0 aliphatic carbocycles. The second-order valence-electron chi connectivity index (χ2n) is 5.97. The summed E-state index contributed by atoms with van der Waals surface area (Å²) in [4.78, 5) is 12.8. The number of ether oxygens (including phenoxy) is 3. The minimum absolute atomic E-state index is 0.213. The third-order valence-electron chi connectivity index (χ3n) is 4.04. The number of aromatic nitrogens is 3. The van der Waals surface area contributed by atoms with Crippen molar-refractivity contribution >= 4 is 29.2 Å². The van der Waals surface area contributed by atoms with E-state index in [9.17, 15) is 0 Å². The second-order valence-corrected chi connectivity index (χ2v) is 6.40. The first-order valence-corrected chi connectivity index (χ1v) is 9.26. The van der Waals surface area contributed by atoms with Gasteiger partial charge in [0.15, 0.2) is 11.5 Å². The number of hydrogen-bond acceptors (Lipinski definition) is 8. The summed E-state index contributed by atoms with van der Waals surface area (Å²) in [6.45, 7) is 0.614. The quantitative estimate of drug-likeness (QED) is 0.543. The van der Waals surface area contributed by atoms with Crippen LogP contribution in [-0.4, -0.2) is 42.8 Å². The van der Waals surface area contributed by atoms with Crippen LogP contribution in [0.4, 0.5) is 17.6 Å². The molecular weight excluding hydrogens is 394 g/mol. The second kappa shape index (κ2) is 9.79. The molecule has 0 fully saturated rings. The number of benzene rings is 2. The van der Waals surface area contributed by atoms with E-state index in [1.807, 2.05) is 30.3 Å². The minimum atomic E-state index is 0.213. The lowest BCUT2D eigenvalue weighted by Crippen LogP contribution is -2.11. The Hall–Kier alpha value is -3.26. The standard InChI is InChI=1S/C20H22ClN5O3/c1-27-16-9-4-13(12-17(16)28-2)10-11-22-18-24-19(26-20(25-18)29-3)23-15-7-5-14(21)6-8-15/h4-9,12H,10-11H2,1-3H3,(H2,22,23,24,25,26). The predicted molar refractivity (Wildman–Crippen MR) is 113 cm³/mol. The van der Waals surface area contributed by atoms with Crippen LogP contribution in [0.3, 0.4) is 0 Å². The van der Waals surface area contributed by atoms with E-state index in [0.717, 1.165) is 17.7 Å². The summed E-state index contributed by atoms with van der Waals surface area (Å²) in [5.41, 5.74) is 1.90. The molecule has 3 aromatic rings. The molecule has 1 heterocycles. The summed E-state index contributed by atoms with van der Waals surface area (Å²) in [6.07, 6.45) is 0.744. The van der Waals surface area contributed by atoms with Crippen LogP contribution < -0.4 is 24.8 Å². The van der Waals surface area contributed by atoms with Gasteiger partial charge in [-0.3, -0.25) is 0 Å². The molecule has 0 spiro atoms. The molecule has 9 heteroatoms. The third-order valence-corrected chi connectivity index (χ3v) is 4.29. The van der Waals surface area contributed by atoms with Crippen LogP contribution in [0, 0.1) is 0 Å². The molecule has 0 unspecified atom stereocenters. The van der Waals surface area contributed by atoms with Crippen LogP contribution in [0.5, 0.6) is 17.5 Å². The van der Waals surface area contributed by atoms with Gasteiger partial charge in [-0.15, -0.1) is 0 Å². The fourth-order valence-corrected chi connectivity index (χ4v) is 2.73. The fraction of sp³-hybridized carbons (Fsp3) is 0.250. The highest BCUT2D eigenvalue weighted by atomic mass is 35.5. The number of halogens is 1. The van der Waals surface area contributed by atoms with E-state index in [-0.39, 0.29) is 6.01 Å². The molecule has 0 radical (unpaired) electrons. The van der Waals surface area contributed by atoms with Gasteiger partial charge < -0.3 is 24.8 Å². The van der Waals surface area contributed by atoms with Crippen LogP contribution in [0.2, 0.25) is 5.02 Å². The molecule has 0 amide bonds. The first kappa shape index (κ1) is 20.5. The van der Waals surface area contributed by atoms with Gasteiger partial charge in [0.1, 0.15) is 0 Å². The predicted octanol–water partition coefficient (Wildman–Crippen LogP) is 3.95. The van der Waals surface area contributed by atoms with Crippen molar-refractivity contribution in [3.05, 3.63) is 53.1 Å². The van der Waals surface area contributed by atoms with Crippen molar-refractivity contribution in [1.29, 1.82) is 0 Å². The Labute approximate surface area is 174 Å². The maximum absolute atomic E-state index is 5.92. The number of nitrogens with one attached hydrogen (secondary N) is 2. The molecular formula is C20H22ClN5O3. The number of hydrogen-bond donors (Lipinski definition) is 2. The largest absolute Gasteiger partial charge is 0.493 e. The molecule has 0 atom stereocenters. The summed E-state index contributed by atoms with van der Waals surface area (Å²) in [5, 5.41) is 6.96. The monoisotopic (exact) mass is 415 g/mol. The van der Waals surface area contributed by atoms with Gasteiger partial charge in [-0.1, -0.05) is 17.7 Å². The van der Waals surface area contributed by atoms with Gasteiger partial charge in [-0.25, -0.2) is 0 Å². The van der Waals surface area contributed by atoms with Crippen molar-refractivity contribution in [1.82, 2.24) is 15.0 Å². The van der Waals surface area contributed by atoms with Crippen LogP contribution in [0.25, 0.3) is 0 Å². The van der Waals surface area contributed by atoms with Crippen LogP contribution >= 0.6 is 11.6 Å². The smallest absolute Gasteiger partial charge is 0.322 e. The van der Waals surface area contributed by atoms with Gasteiger partial charge in [0, 0.05) is 17.3 Å². The van der Waals surface area contributed by atoms with Crippen molar-refractivity contribution in [3.63, 3.8) is 0 Å². The Kier molecular flexibility index (Phi) is 6.91. The average Bonchev–Trinajstić information content (AvgIpc) is 2.75. The molecule has 8 nitrogen and oxygen atoms in total. The third kappa shape index (κ3) is 5.61. The summed E-state index contributed by atoms with van der Waals surface area (Å²) in [6, 6.07) is 13.3. The normalized spacial score (nSPS) is 10.3. The first-order valence-electron chi connectivity index (χ1n) is 8.88.